The van der Waals surface area contributed by atoms with Crippen molar-refractivity contribution in [3.05, 3.63) is 24.2 Å². The van der Waals surface area contributed by atoms with E-state index >= 15 is 0 Å². The number of nitrogens with zero attached hydrogens (tertiary/aromatic N) is 4. The van der Waals surface area contributed by atoms with Crippen molar-refractivity contribution >= 4 is 0 Å². The average molecular weight is 292 g/mol. The van der Waals surface area contributed by atoms with E-state index in [-0.39, 0.29) is 6.61 Å². The average Bonchev–Trinajstić information content (AvgIpc) is 3.10. The Labute approximate surface area is 123 Å². The van der Waals surface area contributed by atoms with Crippen molar-refractivity contribution in [3.8, 4) is 11.7 Å². The fourth-order valence-electron chi connectivity index (χ4n) is 2.57. The van der Waals surface area contributed by atoms with Crippen molar-refractivity contribution in [1.29, 1.82) is 0 Å². The molecule has 2 aromatic heterocycles. The maximum absolute atomic E-state index is 9.01. The fourth-order valence-corrected chi connectivity index (χ4v) is 2.57. The van der Waals surface area contributed by atoms with Crippen LogP contribution in [0.15, 0.2) is 27.3 Å². The zero-order chi connectivity index (χ0) is 14.5. The summed E-state index contributed by atoms with van der Waals surface area (Å²) in [6, 6.07) is 3.60. The van der Waals surface area contributed by atoms with Gasteiger partial charge in [-0.25, -0.2) is 0 Å². The minimum absolute atomic E-state index is 0.220. The second-order valence-corrected chi connectivity index (χ2v) is 5.19. The van der Waals surface area contributed by atoms with Crippen LogP contribution in [0, 0.1) is 0 Å². The van der Waals surface area contributed by atoms with Gasteiger partial charge in [0.2, 0.25) is 0 Å². The molecule has 21 heavy (non-hydrogen) atoms. The van der Waals surface area contributed by atoms with Crippen LogP contribution in [0.3, 0.4) is 0 Å². The van der Waals surface area contributed by atoms with Gasteiger partial charge in [0.1, 0.15) is 0 Å². The zero-order valence-electron chi connectivity index (χ0n) is 11.9. The first-order chi connectivity index (χ1) is 10.3. The molecule has 0 amide bonds. The molecular weight excluding hydrogens is 272 g/mol. The lowest BCUT2D eigenvalue weighted by Crippen LogP contribution is -2.32. The molecule has 0 aliphatic carbocycles. The summed E-state index contributed by atoms with van der Waals surface area (Å²) in [6.07, 6.45) is 2.67. The van der Waals surface area contributed by atoms with Gasteiger partial charge in [-0.3, -0.25) is 9.80 Å². The Hall–Kier alpha value is -1.70. The van der Waals surface area contributed by atoms with E-state index in [2.05, 4.69) is 19.9 Å². The van der Waals surface area contributed by atoms with Crippen molar-refractivity contribution in [2.75, 3.05) is 39.3 Å². The summed E-state index contributed by atoms with van der Waals surface area (Å²) >= 11 is 0. The monoisotopic (exact) mass is 292 g/mol. The number of rotatable bonds is 5. The molecule has 0 bridgehead atoms. The maximum atomic E-state index is 9.01. The van der Waals surface area contributed by atoms with Crippen molar-refractivity contribution in [1.82, 2.24) is 19.9 Å². The summed E-state index contributed by atoms with van der Waals surface area (Å²) in [7, 11) is 0. The summed E-state index contributed by atoms with van der Waals surface area (Å²) < 4.78 is 10.5. The maximum Gasteiger partial charge on any atom is 0.293 e. The standard InChI is InChI=1S/C14H20N4O3/c19-9-8-17-4-2-5-18(7-6-17)11-13-15-14(21-16-13)12-3-1-10-20-12/h1,3,10,19H,2,4-9,11H2. The highest BCUT2D eigenvalue weighted by Gasteiger charge is 2.17. The molecular formula is C14H20N4O3. The molecule has 7 heteroatoms. The van der Waals surface area contributed by atoms with Crippen LogP contribution in [-0.2, 0) is 6.54 Å². The Bertz CT molecular complexity index is 540. The molecule has 3 rings (SSSR count). The Morgan fingerprint density at radius 3 is 2.86 bits per heavy atom. The van der Waals surface area contributed by atoms with Crippen LogP contribution in [0.1, 0.15) is 12.2 Å². The van der Waals surface area contributed by atoms with Gasteiger partial charge in [0, 0.05) is 19.6 Å². The number of hydrogen-bond acceptors (Lipinski definition) is 7. The third kappa shape index (κ3) is 3.69. The van der Waals surface area contributed by atoms with Gasteiger partial charge >= 0.3 is 0 Å². The van der Waals surface area contributed by atoms with E-state index in [1.165, 1.54) is 0 Å². The van der Waals surface area contributed by atoms with E-state index in [1.807, 2.05) is 0 Å². The normalized spacial score (nSPS) is 18.0. The Balaban J connectivity index is 1.57. The molecule has 1 aliphatic heterocycles. The predicted molar refractivity (Wildman–Crippen MR) is 75.4 cm³/mol. The van der Waals surface area contributed by atoms with Gasteiger partial charge in [-0.15, -0.1) is 0 Å². The molecule has 1 N–H and O–H groups in total. The molecule has 1 saturated heterocycles. The van der Waals surface area contributed by atoms with Crippen molar-refractivity contribution in [2.24, 2.45) is 0 Å². The van der Waals surface area contributed by atoms with Gasteiger partial charge < -0.3 is 14.0 Å². The van der Waals surface area contributed by atoms with E-state index in [1.54, 1.807) is 18.4 Å². The molecule has 2 aromatic rings. The first kappa shape index (κ1) is 14.2. The molecule has 0 radical (unpaired) electrons. The van der Waals surface area contributed by atoms with Crippen LogP contribution in [0.4, 0.5) is 0 Å². The van der Waals surface area contributed by atoms with E-state index in [0.717, 1.165) is 39.1 Å². The second-order valence-electron chi connectivity index (χ2n) is 5.19. The first-order valence-electron chi connectivity index (χ1n) is 7.27. The van der Waals surface area contributed by atoms with Crippen LogP contribution < -0.4 is 0 Å². The zero-order valence-corrected chi connectivity index (χ0v) is 11.9. The molecule has 0 aromatic carbocycles. The van der Waals surface area contributed by atoms with Crippen LogP contribution in [0.25, 0.3) is 11.7 Å². The van der Waals surface area contributed by atoms with Gasteiger partial charge in [0.05, 0.1) is 19.4 Å². The molecule has 0 unspecified atom stereocenters. The topological polar surface area (TPSA) is 78.8 Å². The van der Waals surface area contributed by atoms with E-state index < -0.39 is 0 Å². The van der Waals surface area contributed by atoms with Crippen molar-refractivity contribution in [2.45, 2.75) is 13.0 Å². The highest BCUT2D eigenvalue weighted by molar-refractivity contribution is 5.42. The lowest BCUT2D eigenvalue weighted by atomic mass is 10.3. The van der Waals surface area contributed by atoms with E-state index in [4.69, 9.17) is 14.0 Å². The third-order valence-corrected chi connectivity index (χ3v) is 3.66. The van der Waals surface area contributed by atoms with Crippen LogP contribution in [-0.4, -0.2) is 64.4 Å². The van der Waals surface area contributed by atoms with E-state index in [0.29, 0.717) is 24.0 Å². The molecule has 0 saturated carbocycles. The number of furan rings is 1. The highest BCUT2D eigenvalue weighted by Crippen LogP contribution is 2.17. The van der Waals surface area contributed by atoms with Crippen molar-refractivity contribution in [3.63, 3.8) is 0 Å². The highest BCUT2D eigenvalue weighted by atomic mass is 16.5. The molecule has 3 heterocycles. The largest absolute Gasteiger partial charge is 0.459 e. The number of β-amino-alcohol motifs (C(OH)–C–C–N with tert-alkyl or cyclic N) is 1. The number of hydrogen-bond donors (Lipinski definition) is 1. The van der Waals surface area contributed by atoms with E-state index in [9.17, 15) is 0 Å². The smallest absolute Gasteiger partial charge is 0.293 e. The molecule has 0 spiro atoms. The Kier molecular flexibility index (Phi) is 4.64. The molecule has 114 valence electrons. The lowest BCUT2D eigenvalue weighted by Gasteiger charge is -2.19. The Morgan fingerprint density at radius 1 is 1.19 bits per heavy atom. The molecule has 7 nitrogen and oxygen atoms in total. The number of aliphatic hydroxyl groups is 1. The van der Waals surface area contributed by atoms with Crippen LogP contribution in [0.5, 0.6) is 0 Å². The Morgan fingerprint density at radius 2 is 2.05 bits per heavy atom. The predicted octanol–water partition coefficient (Wildman–Crippen LogP) is 0.830. The van der Waals surface area contributed by atoms with Crippen LogP contribution in [0.2, 0.25) is 0 Å². The van der Waals surface area contributed by atoms with Gasteiger partial charge in [-0.05, 0) is 31.6 Å². The summed E-state index contributed by atoms with van der Waals surface area (Å²) in [5.74, 6) is 1.70. The van der Waals surface area contributed by atoms with Gasteiger partial charge in [-0.2, -0.15) is 4.98 Å². The number of aliphatic hydroxyl groups excluding tert-OH is 1. The summed E-state index contributed by atoms with van der Waals surface area (Å²) in [6.45, 7) is 5.59. The molecule has 1 fully saturated rings. The van der Waals surface area contributed by atoms with Gasteiger partial charge in [0.25, 0.3) is 5.89 Å². The minimum atomic E-state index is 0.220. The lowest BCUT2D eigenvalue weighted by molar-refractivity contribution is 0.195. The van der Waals surface area contributed by atoms with Crippen LogP contribution >= 0.6 is 0 Å². The van der Waals surface area contributed by atoms with Crippen molar-refractivity contribution < 1.29 is 14.0 Å². The summed E-state index contributed by atoms with van der Waals surface area (Å²) in [5.41, 5.74) is 0. The SMILES string of the molecule is OCCN1CCCN(Cc2noc(-c3ccco3)n2)CC1. The third-order valence-electron chi connectivity index (χ3n) is 3.66. The minimum Gasteiger partial charge on any atom is -0.459 e. The van der Waals surface area contributed by atoms with Gasteiger partial charge in [-0.1, -0.05) is 5.16 Å². The second kappa shape index (κ2) is 6.84. The first-order valence-corrected chi connectivity index (χ1v) is 7.27. The van der Waals surface area contributed by atoms with Gasteiger partial charge in [0.15, 0.2) is 11.6 Å². The summed E-state index contributed by atoms with van der Waals surface area (Å²) in [4.78, 5) is 8.96. The number of aromatic nitrogens is 2. The molecule has 1 aliphatic rings. The summed E-state index contributed by atoms with van der Waals surface area (Å²) in [5, 5.41) is 13.0. The quantitative estimate of drug-likeness (QED) is 0.874. The molecule has 0 atom stereocenters. The fraction of sp³-hybridized carbons (Fsp3) is 0.571.